The molecule has 0 fully saturated rings. The van der Waals surface area contributed by atoms with E-state index in [0.29, 0.717) is 5.69 Å². The van der Waals surface area contributed by atoms with Gasteiger partial charge in [-0.15, -0.1) is 5.11 Å². The summed E-state index contributed by atoms with van der Waals surface area (Å²) in [5, 5.41) is 6.95. The molecule has 0 atom stereocenters. The molecule has 0 saturated heterocycles. The van der Waals surface area contributed by atoms with E-state index in [2.05, 4.69) is 15.8 Å². The summed E-state index contributed by atoms with van der Waals surface area (Å²) in [5.41, 5.74) is 6.17. The van der Waals surface area contributed by atoms with Gasteiger partial charge in [0.2, 0.25) is 0 Å². The molecule has 70 valence electrons. The van der Waals surface area contributed by atoms with Gasteiger partial charge in [-0.1, -0.05) is 5.22 Å². The number of benzene rings is 1. The molecule has 5 heteroatoms. The monoisotopic (exact) mass is 179 g/mol. The van der Waals surface area contributed by atoms with Crippen LogP contribution in [0.3, 0.4) is 0 Å². The average molecular weight is 179 g/mol. The molecule has 0 aliphatic carbocycles. The minimum Gasteiger partial charge on any atom is -0.322 e. The van der Waals surface area contributed by atoms with Gasteiger partial charge in [-0.05, 0) is 37.1 Å². The van der Waals surface area contributed by atoms with Crippen LogP contribution in [0.15, 0.2) is 22.5 Å². The first-order valence-electron chi connectivity index (χ1n) is 3.88. The molecule has 0 radical (unpaired) electrons. The third-order valence-corrected chi connectivity index (χ3v) is 1.93. The molecule has 0 heterocycles. The Morgan fingerprint density at radius 1 is 1.23 bits per heavy atom. The molecular weight excluding hydrogens is 166 g/mol. The number of nitrogen functional groups attached to an aromatic ring is 1. The fourth-order valence-corrected chi connectivity index (χ4v) is 1.06. The normalized spacial score (nSPS) is 10.7. The van der Waals surface area contributed by atoms with Crippen molar-refractivity contribution in [2.45, 2.75) is 13.8 Å². The molecule has 5 nitrogen and oxygen atoms in total. The molecule has 0 saturated carbocycles. The van der Waals surface area contributed by atoms with Crippen molar-refractivity contribution in [3.63, 3.8) is 0 Å². The topological polar surface area (TPSA) is 88.8 Å². The summed E-state index contributed by atoms with van der Waals surface area (Å²) in [6.07, 6.45) is 0. The Morgan fingerprint density at radius 3 is 2.38 bits per heavy atom. The zero-order chi connectivity index (χ0) is 9.84. The van der Waals surface area contributed by atoms with Crippen LogP contribution >= 0.6 is 0 Å². The summed E-state index contributed by atoms with van der Waals surface area (Å²) < 4.78 is 0. The first-order valence-corrected chi connectivity index (χ1v) is 3.88. The summed E-state index contributed by atoms with van der Waals surface area (Å²) in [4.78, 5) is 0. The summed E-state index contributed by atoms with van der Waals surface area (Å²) >= 11 is 0. The van der Waals surface area contributed by atoms with Crippen LogP contribution in [0.2, 0.25) is 0 Å². The molecule has 0 aromatic heterocycles. The third-order valence-electron chi connectivity index (χ3n) is 1.93. The van der Waals surface area contributed by atoms with Crippen molar-refractivity contribution in [3.8, 4) is 0 Å². The highest BCUT2D eigenvalue weighted by Gasteiger charge is 2.02. The molecule has 0 bridgehead atoms. The zero-order valence-corrected chi connectivity index (χ0v) is 7.70. The van der Waals surface area contributed by atoms with E-state index in [1.54, 1.807) is 0 Å². The first kappa shape index (κ1) is 9.47. The summed E-state index contributed by atoms with van der Waals surface area (Å²) in [7, 11) is 0. The molecule has 0 amide bonds. The Bertz CT molecular complexity index is 332. The van der Waals surface area contributed by atoms with E-state index in [1.165, 1.54) is 0 Å². The van der Waals surface area contributed by atoms with E-state index in [0.717, 1.165) is 16.8 Å². The van der Waals surface area contributed by atoms with Crippen molar-refractivity contribution in [3.05, 3.63) is 23.3 Å². The molecular formula is C8H13N5. The highest BCUT2D eigenvalue weighted by Crippen LogP contribution is 2.27. The van der Waals surface area contributed by atoms with Gasteiger partial charge in [0.1, 0.15) is 5.69 Å². The number of hydrogen-bond acceptors (Lipinski definition) is 4. The number of aryl methyl sites for hydroxylation is 2. The van der Waals surface area contributed by atoms with E-state index in [1.807, 2.05) is 26.0 Å². The Labute approximate surface area is 76.8 Å². The number of nitrogens with one attached hydrogen (secondary N) is 1. The van der Waals surface area contributed by atoms with E-state index in [9.17, 15) is 0 Å². The molecule has 0 spiro atoms. The van der Waals surface area contributed by atoms with Crippen LogP contribution in [0.5, 0.6) is 0 Å². The van der Waals surface area contributed by atoms with Gasteiger partial charge in [-0.2, -0.15) is 0 Å². The van der Waals surface area contributed by atoms with Gasteiger partial charge in [-0.3, -0.25) is 5.84 Å². The van der Waals surface area contributed by atoms with Gasteiger partial charge in [-0.25, -0.2) is 0 Å². The highest BCUT2D eigenvalue weighted by atomic mass is 15.3. The minimum absolute atomic E-state index is 0.646. The first-order chi connectivity index (χ1) is 6.19. The van der Waals surface area contributed by atoms with Crippen LogP contribution in [-0.4, -0.2) is 0 Å². The van der Waals surface area contributed by atoms with Crippen molar-refractivity contribution >= 4 is 11.4 Å². The van der Waals surface area contributed by atoms with Gasteiger partial charge in [0.25, 0.3) is 0 Å². The number of hydrazine groups is 1. The number of rotatable bonds is 2. The van der Waals surface area contributed by atoms with E-state index in [-0.39, 0.29) is 0 Å². The molecule has 1 rings (SSSR count). The molecule has 1 aromatic carbocycles. The van der Waals surface area contributed by atoms with Crippen molar-refractivity contribution in [1.29, 1.82) is 0 Å². The Kier molecular flexibility index (Phi) is 2.81. The van der Waals surface area contributed by atoms with Gasteiger partial charge in [0.05, 0.1) is 5.69 Å². The molecule has 0 aliphatic rings. The van der Waals surface area contributed by atoms with Crippen molar-refractivity contribution in [2.75, 3.05) is 5.43 Å². The fourth-order valence-electron chi connectivity index (χ4n) is 1.06. The Morgan fingerprint density at radius 2 is 1.85 bits per heavy atom. The van der Waals surface area contributed by atoms with Crippen LogP contribution in [0, 0.1) is 13.8 Å². The minimum atomic E-state index is 0.646. The lowest BCUT2D eigenvalue weighted by Gasteiger charge is -2.07. The summed E-state index contributed by atoms with van der Waals surface area (Å²) in [6.45, 7) is 3.99. The average Bonchev–Trinajstić information content (AvgIpc) is 2.11. The van der Waals surface area contributed by atoms with Gasteiger partial charge in [0, 0.05) is 0 Å². The van der Waals surface area contributed by atoms with Crippen molar-refractivity contribution in [1.82, 2.24) is 0 Å². The standard InChI is InChI=1S/C8H13N5/c1-5-3-7(11-9)8(12-13-10)4-6(5)2/h3-4,11H,9H2,1-2H3,(H2,10,12). The van der Waals surface area contributed by atoms with Gasteiger partial charge >= 0.3 is 0 Å². The van der Waals surface area contributed by atoms with Gasteiger partial charge < -0.3 is 11.3 Å². The lowest BCUT2D eigenvalue weighted by atomic mass is 10.1. The Hall–Kier alpha value is -1.62. The van der Waals surface area contributed by atoms with Crippen LogP contribution < -0.4 is 17.1 Å². The second-order valence-electron chi connectivity index (χ2n) is 2.81. The maximum absolute atomic E-state index is 5.31. The molecule has 5 N–H and O–H groups in total. The lowest BCUT2D eigenvalue weighted by molar-refractivity contribution is 1.06. The van der Waals surface area contributed by atoms with Crippen molar-refractivity contribution in [2.24, 2.45) is 22.0 Å². The molecule has 1 aromatic rings. The van der Waals surface area contributed by atoms with Crippen LogP contribution in [0.1, 0.15) is 11.1 Å². The number of nitrogens with two attached hydrogens (primary N) is 2. The molecule has 0 unspecified atom stereocenters. The number of nitrogens with zero attached hydrogens (tertiary/aromatic N) is 2. The van der Waals surface area contributed by atoms with E-state index in [4.69, 9.17) is 11.7 Å². The largest absolute Gasteiger partial charge is 0.322 e. The predicted molar refractivity (Wildman–Crippen MR) is 52.4 cm³/mol. The molecule has 0 aliphatic heterocycles. The van der Waals surface area contributed by atoms with Crippen LogP contribution in [0.4, 0.5) is 11.4 Å². The highest BCUT2D eigenvalue weighted by molar-refractivity contribution is 5.67. The van der Waals surface area contributed by atoms with E-state index < -0.39 is 0 Å². The summed E-state index contributed by atoms with van der Waals surface area (Å²) in [5.74, 6) is 10.3. The quantitative estimate of drug-likeness (QED) is 0.365. The fraction of sp³-hybridized carbons (Fsp3) is 0.250. The van der Waals surface area contributed by atoms with Gasteiger partial charge in [0.15, 0.2) is 0 Å². The van der Waals surface area contributed by atoms with Crippen LogP contribution in [0.25, 0.3) is 0 Å². The molecule has 13 heavy (non-hydrogen) atoms. The number of hydrogen-bond donors (Lipinski definition) is 3. The van der Waals surface area contributed by atoms with Crippen molar-refractivity contribution < 1.29 is 0 Å². The summed E-state index contributed by atoms with van der Waals surface area (Å²) in [6, 6.07) is 3.78. The maximum atomic E-state index is 5.31. The predicted octanol–water partition coefficient (Wildman–Crippen LogP) is 1.55. The Balaban J connectivity index is 3.24. The third kappa shape index (κ3) is 1.94. The second-order valence-corrected chi connectivity index (χ2v) is 2.81. The maximum Gasteiger partial charge on any atom is 0.112 e. The van der Waals surface area contributed by atoms with Crippen LogP contribution in [-0.2, 0) is 0 Å². The SMILES string of the molecule is Cc1cc(N=NN)c(NN)cc1C. The lowest BCUT2D eigenvalue weighted by Crippen LogP contribution is -2.07. The number of anilines is 1. The zero-order valence-electron chi connectivity index (χ0n) is 7.70. The second kappa shape index (κ2) is 3.86. The smallest absolute Gasteiger partial charge is 0.112 e. The van der Waals surface area contributed by atoms with E-state index >= 15 is 0 Å².